The summed E-state index contributed by atoms with van der Waals surface area (Å²) < 4.78 is 25.1. The van der Waals surface area contributed by atoms with Crippen molar-refractivity contribution in [3.63, 3.8) is 0 Å². The van der Waals surface area contributed by atoms with Gasteiger partial charge in [-0.2, -0.15) is 0 Å². The first-order chi connectivity index (χ1) is 19.5. The summed E-state index contributed by atoms with van der Waals surface area (Å²) in [4.78, 5) is 19.7. The van der Waals surface area contributed by atoms with E-state index in [0.29, 0.717) is 24.5 Å². The first-order valence-electron chi connectivity index (χ1n) is 14.3. The summed E-state index contributed by atoms with van der Waals surface area (Å²) in [5.74, 6) is 0.172. The van der Waals surface area contributed by atoms with Gasteiger partial charge in [0, 0.05) is 32.1 Å². The third-order valence-corrected chi connectivity index (χ3v) is 7.89. The standard InChI is InChI=1S/C33H38FN3O3/c1-3-37-16-12-27(13-17-37)32(26-8-10-29(34)11-9-26)25-6-4-24(5-7-25)23(2)36-33(38)28-20-31(22-35-21-28)40-30-14-18-39-19-15-30/h4-11,20-23,30H,3,12-19H2,1-2H3,(H,36,38)/t23-/m1/s1. The van der Waals surface area contributed by atoms with Gasteiger partial charge in [0.1, 0.15) is 17.7 Å². The fraction of sp³-hybridized carbons (Fsp3) is 0.394. The zero-order valence-electron chi connectivity index (χ0n) is 23.4. The molecule has 1 aromatic heterocycles. The predicted octanol–water partition coefficient (Wildman–Crippen LogP) is 6.19. The Balaban J connectivity index is 1.29. The highest BCUT2D eigenvalue weighted by atomic mass is 19.1. The normalized spacial score (nSPS) is 17.3. The van der Waals surface area contributed by atoms with Gasteiger partial charge in [-0.05, 0) is 66.8 Å². The van der Waals surface area contributed by atoms with Crippen molar-refractivity contribution in [3.05, 3.63) is 101 Å². The van der Waals surface area contributed by atoms with E-state index >= 15 is 0 Å². The number of rotatable bonds is 8. The van der Waals surface area contributed by atoms with Gasteiger partial charge in [0.05, 0.1) is 31.0 Å². The molecule has 2 aliphatic heterocycles. The Hall–Kier alpha value is -3.55. The summed E-state index contributed by atoms with van der Waals surface area (Å²) in [5, 5.41) is 3.09. The van der Waals surface area contributed by atoms with Crippen LogP contribution < -0.4 is 10.1 Å². The number of benzene rings is 2. The molecular formula is C33H38FN3O3. The highest BCUT2D eigenvalue weighted by Gasteiger charge is 2.20. The Morgan fingerprint density at radius 3 is 2.33 bits per heavy atom. The van der Waals surface area contributed by atoms with Crippen molar-refractivity contribution in [2.45, 2.75) is 51.7 Å². The number of pyridine rings is 1. The lowest BCUT2D eigenvalue weighted by Gasteiger charge is -2.29. The van der Waals surface area contributed by atoms with Crippen LogP contribution >= 0.6 is 0 Å². The number of nitrogens with zero attached hydrogens (tertiary/aromatic N) is 2. The maximum absolute atomic E-state index is 13.7. The van der Waals surface area contributed by atoms with Crippen LogP contribution in [0.1, 0.15) is 72.6 Å². The predicted molar refractivity (Wildman–Crippen MR) is 155 cm³/mol. The average Bonchev–Trinajstić information content (AvgIpc) is 2.99. The second kappa shape index (κ2) is 13.2. The molecule has 2 aromatic carbocycles. The van der Waals surface area contributed by atoms with E-state index in [1.54, 1.807) is 18.5 Å². The molecule has 3 aromatic rings. The van der Waals surface area contributed by atoms with Gasteiger partial charge < -0.3 is 19.7 Å². The molecule has 2 fully saturated rings. The van der Waals surface area contributed by atoms with E-state index in [-0.39, 0.29) is 23.9 Å². The molecule has 0 spiro atoms. The third-order valence-electron chi connectivity index (χ3n) is 7.89. The molecule has 0 radical (unpaired) electrons. The van der Waals surface area contributed by atoms with E-state index < -0.39 is 0 Å². The van der Waals surface area contributed by atoms with Gasteiger partial charge >= 0.3 is 0 Å². The second-order valence-electron chi connectivity index (χ2n) is 10.6. The van der Waals surface area contributed by atoms with E-state index in [0.717, 1.165) is 62.0 Å². The lowest BCUT2D eigenvalue weighted by molar-refractivity contribution is 0.0254. The number of halogens is 1. The van der Waals surface area contributed by atoms with Crippen molar-refractivity contribution >= 4 is 11.5 Å². The number of likely N-dealkylation sites (tertiary alicyclic amines) is 1. The monoisotopic (exact) mass is 543 g/mol. The SMILES string of the molecule is CCN1CCC(=C(c2ccc(F)cc2)c2ccc([C@@H](C)NC(=O)c3cncc(OC4CCOCC4)c3)cc2)CC1. The molecule has 1 atom stereocenters. The Labute approximate surface area is 236 Å². The summed E-state index contributed by atoms with van der Waals surface area (Å²) in [6, 6.07) is 16.7. The molecule has 1 amide bonds. The van der Waals surface area contributed by atoms with Crippen LogP contribution in [0.2, 0.25) is 0 Å². The van der Waals surface area contributed by atoms with Crippen molar-refractivity contribution < 1.29 is 18.7 Å². The van der Waals surface area contributed by atoms with Gasteiger partial charge in [-0.25, -0.2) is 4.39 Å². The number of hydrogen-bond donors (Lipinski definition) is 1. The number of hydrogen-bond acceptors (Lipinski definition) is 5. The molecule has 1 N–H and O–H groups in total. The Morgan fingerprint density at radius 2 is 1.68 bits per heavy atom. The fourth-order valence-corrected chi connectivity index (χ4v) is 5.48. The van der Waals surface area contributed by atoms with E-state index in [9.17, 15) is 9.18 Å². The average molecular weight is 544 g/mol. The van der Waals surface area contributed by atoms with E-state index in [1.165, 1.54) is 23.3 Å². The highest BCUT2D eigenvalue weighted by molar-refractivity contribution is 5.94. The van der Waals surface area contributed by atoms with Gasteiger partial charge in [0.2, 0.25) is 0 Å². The Morgan fingerprint density at radius 1 is 1.02 bits per heavy atom. The molecule has 0 aliphatic carbocycles. The second-order valence-corrected chi connectivity index (χ2v) is 10.6. The molecule has 0 saturated carbocycles. The number of aromatic nitrogens is 1. The molecular weight excluding hydrogens is 505 g/mol. The van der Waals surface area contributed by atoms with Crippen LogP contribution in [0.15, 0.2) is 72.6 Å². The van der Waals surface area contributed by atoms with Crippen LogP contribution in [0.3, 0.4) is 0 Å². The molecule has 0 bridgehead atoms. The largest absolute Gasteiger partial charge is 0.489 e. The Kier molecular flexibility index (Phi) is 9.24. The zero-order chi connectivity index (χ0) is 27.9. The minimum absolute atomic E-state index is 0.0836. The molecule has 2 saturated heterocycles. The van der Waals surface area contributed by atoms with Crippen LogP contribution in [-0.2, 0) is 4.74 Å². The number of carbonyl (C=O) groups excluding carboxylic acids is 1. The maximum atomic E-state index is 13.7. The van der Waals surface area contributed by atoms with Crippen molar-refractivity contribution in [2.24, 2.45) is 0 Å². The number of nitrogens with one attached hydrogen (secondary N) is 1. The maximum Gasteiger partial charge on any atom is 0.253 e. The molecule has 3 heterocycles. The van der Waals surface area contributed by atoms with E-state index in [2.05, 4.69) is 46.4 Å². The molecule has 2 aliphatic rings. The summed E-state index contributed by atoms with van der Waals surface area (Å²) in [6.07, 6.45) is 6.96. The smallest absolute Gasteiger partial charge is 0.253 e. The summed E-state index contributed by atoms with van der Waals surface area (Å²) in [6.45, 7) is 8.68. The number of carbonyl (C=O) groups is 1. The van der Waals surface area contributed by atoms with E-state index in [1.807, 2.05) is 19.1 Å². The van der Waals surface area contributed by atoms with E-state index in [4.69, 9.17) is 9.47 Å². The van der Waals surface area contributed by atoms with Crippen LogP contribution in [-0.4, -0.2) is 54.7 Å². The van der Waals surface area contributed by atoms with Gasteiger partial charge in [-0.1, -0.05) is 48.9 Å². The van der Waals surface area contributed by atoms with Crippen LogP contribution in [0, 0.1) is 5.82 Å². The fourth-order valence-electron chi connectivity index (χ4n) is 5.48. The number of ether oxygens (including phenoxy) is 2. The Bertz CT molecular complexity index is 1310. The molecule has 40 heavy (non-hydrogen) atoms. The van der Waals surface area contributed by atoms with Crippen LogP contribution in [0.4, 0.5) is 4.39 Å². The molecule has 210 valence electrons. The van der Waals surface area contributed by atoms with Gasteiger partial charge in [-0.3, -0.25) is 9.78 Å². The molecule has 7 heteroatoms. The molecule has 0 unspecified atom stereocenters. The lowest BCUT2D eigenvalue weighted by atomic mass is 9.88. The third kappa shape index (κ3) is 6.95. The quantitative estimate of drug-likeness (QED) is 0.367. The van der Waals surface area contributed by atoms with Gasteiger partial charge in [0.25, 0.3) is 5.91 Å². The minimum Gasteiger partial charge on any atom is -0.489 e. The number of amides is 1. The van der Waals surface area contributed by atoms with Crippen molar-refractivity contribution in [2.75, 3.05) is 32.8 Å². The minimum atomic E-state index is -0.232. The van der Waals surface area contributed by atoms with Crippen LogP contribution in [0.5, 0.6) is 5.75 Å². The number of piperidine rings is 1. The first-order valence-corrected chi connectivity index (χ1v) is 14.3. The van der Waals surface area contributed by atoms with Crippen LogP contribution in [0.25, 0.3) is 5.57 Å². The molecule has 6 nitrogen and oxygen atoms in total. The van der Waals surface area contributed by atoms with Gasteiger partial charge in [0.15, 0.2) is 0 Å². The van der Waals surface area contributed by atoms with Crippen molar-refractivity contribution in [1.82, 2.24) is 15.2 Å². The highest BCUT2D eigenvalue weighted by Crippen LogP contribution is 2.33. The summed E-state index contributed by atoms with van der Waals surface area (Å²) in [5.41, 5.74) is 6.20. The topological polar surface area (TPSA) is 63.7 Å². The lowest BCUT2D eigenvalue weighted by Crippen LogP contribution is -2.30. The van der Waals surface area contributed by atoms with Crippen molar-refractivity contribution in [1.29, 1.82) is 0 Å². The summed E-state index contributed by atoms with van der Waals surface area (Å²) in [7, 11) is 0. The zero-order valence-corrected chi connectivity index (χ0v) is 23.4. The van der Waals surface area contributed by atoms with Crippen molar-refractivity contribution in [3.8, 4) is 5.75 Å². The first kappa shape index (κ1) is 28.0. The summed E-state index contributed by atoms with van der Waals surface area (Å²) >= 11 is 0. The molecule has 5 rings (SSSR count). The van der Waals surface area contributed by atoms with Gasteiger partial charge in [-0.15, -0.1) is 0 Å².